The first-order valence-corrected chi connectivity index (χ1v) is 11.1. The number of halogens is 4. The van der Waals surface area contributed by atoms with Gasteiger partial charge < -0.3 is 9.47 Å². The van der Waals surface area contributed by atoms with E-state index >= 15 is 0 Å². The van der Waals surface area contributed by atoms with Gasteiger partial charge in [0.15, 0.2) is 0 Å². The zero-order valence-electron chi connectivity index (χ0n) is 17.8. The lowest BCUT2D eigenvalue weighted by molar-refractivity contribution is -0.185. The van der Waals surface area contributed by atoms with Crippen molar-refractivity contribution in [3.8, 4) is 11.5 Å². The Balaban J connectivity index is 1.55. The molecule has 0 N–H and O–H groups in total. The third kappa shape index (κ3) is 6.88. The first-order valence-electron chi connectivity index (χ1n) is 11.1. The van der Waals surface area contributed by atoms with Crippen molar-refractivity contribution in [1.29, 1.82) is 0 Å². The molecule has 6 heteroatoms. The van der Waals surface area contributed by atoms with Crippen LogP contribution in [-0.4, -0.2) is 6.61 Å². The van der Waals surface area contributed by atoms with Crippen molar-refractivity contribution in [3.63, 3.8) is 0 Å². The van der Waals surface area contributed by atoms with E-state index < -0.39 is 12.7 Å². The Morgan fingerprint density at radius 1 is 0.871 bits per heavy atom. The molecule has 3 rings (SSSR count). The standard InChI is InChI=1S/C25H30F4O2/c1-2-3-4-5-18-6-8-19(9-7-18)20-10-12-21(13-11-20)25(28,29)31-23-16-14-22(15-17-23)30-24(26)27/h10-19,24H,2-9H2,1H3/t18-,19-. The number of hydrogen-bond donors (Lipinski definition) is 0. The number of hydrogen-bond acceptors (Lipinski definition) is 2. The Morgan fingerprint density at radius 3 is 2.06 bits per heavy atom. The van der Waals surface area contributed by atoms with Gasteiger partial charge in [-0.05, 0) is 79.5 Å². The first kappa shape index (κ1) is 23.4. The Labute approximate surface area is 181 Å². The average molecular weight is 439 g/mol. The Hall–Kier alpha value is -2.24. The predicted molar refractivity (Wildman–Crippen MR) is 113 cm³/mol. The van der Waals surface area contributed by atoms with Crippen LogP contribution in [-0.2, 0) is 6.11 Å². The molecular weight excluding hydrogens is 408 g/mol. The van der Waals surface area contributed by atoms with E-state index in [1.54, 1.807) is 12.1 Å². The molecule has 1 aliphatic carbocycles. The Kier molecular flexibility index (Phi) is 8.22. The molecule has 0 aliphatic heterocycles. The van der Waals surface area contributed by atoms with E-state index in [4.69, 9.17) is 4.74 Å². The SMILES string of the molecule is CCCCC[C@H]1CC[C@H](c2ccc(C(F)(F)Oc3ccc(OC(F)F)cc3)cc2)CC1. The second-order valence-corrected chi connectivity index (χ2v) is 8.30. The monoisotopic (exact) mass is 438 g/mol. The van der Waals surface area contributed by atoms with Gasteiger partial charge in [-0.25, -0.2) is 0 Å². The van der Waals surface area contributed by atoms with Gasteiger partial charge in [-0.15, -0.1) is 0 Å². The Morgan fingerprint density at radius 2 is 1.48 bits per heavy atom. The van der Waals surface area contributed by atoms with Crippen molar-refractivity contribution >= 4 is 0 Å². The highest BCUT2D eigenvalue weighted by Crippen LogP contribution is 2.39. The number of alkyl halides is 4. The number of benzene rings is 2. The smallest absolute Gasteiger partial charge is 0.426 e. The van der Waals surface area contributed by atoms with Crippen molar-refractivity contribution < 1.29 is 27.0 Å². The molecule has 0 bridgehead atoms. The third-order valence-corrected chi connectivity index (χ3v) is 6.08. The molecule has 0 amide bonds. The van der Waals surface area contributed by atoms with E-state index in [1.165, 1.54) is 74.9 Å². The van der Waals surface area contributed by atoms with Crippen molar-refractivity contribution in [1.82, 2.24) is 0 Å². The summed E-state index contributed by atoms with van der Waals surface area (Å²) in [5.74, 6) is 0.984. The number of ether oxygens (including phenoxy) is 2. The van der Waals surface area contributed by atoms with E-state index in [-0.39, 0.29) is 17.1 Å². The molecule has 0 aromatic heterocycles. The summed E-state index contributed by atoms with van der Waals surface area (Å²) in [5, 5.41) is 0. The molecular formula is C25H30F4O2. The lowest BCUT2D eigenvalue weighted by atomic mass is 9.77. The van der Waals surface area contributed by atoms with E-state index in [1.807, 2.05) is 0 Å². The lowest BCUT2D eigenvalue weighted by Crippen LogP contribution is -2.22. The molecule has 170 valence electrons. The molecule has 2 aromatic rings. The van der Waals surface area contributed by atoms with Crippen LogP contribution in [0.15, 0.2) is 48.5 Å². The fourth-order valence-corrected chi connectivity index (χ4v) is 4.31. The minimum Gasteiger partial charge on any atom is -0.435 e. The molecule has 0 heterocycles. The van der Waals surface area contributed by atoms with Gasteiger partial charge in [0.1, 0.15) is 11.5 Å². The normalized spacial score (nSPS) is 19.4. The number of rotatable bonds is 10. The summed E-state index contributed by atoms with van der Waals surface area (Å²) in [5.41, 5.74) is 0.859. The molecule has 31 heavy (non-hydrogen) atoms. The van der Waals surface area contributed by atoms with Gasteiger partial charge in [0.25, 0.3) is 0 Å². The second-order valence-electron chi connectivity index (χ2n) is 8.30. The van der Waals surface area contributed by atoms with Gasteiger partial charge in [-0.3, -0.25) is 0 Å². The van der Waals surface area contributed by atoms with Crippen LogP contribution in [0.2, 0.25) is 0 Å². The summed E-state index contributed by atoms with van der Waals surface area (Å²) in [7, 11) is 0. The van der Waals surface area contributed by atoms with Crippen LogP contribution in [0.4, 0.5) is 17.6 Å². The summed E-state index contributed by atoms with van der Waals surface area (Å²) in [4.78, 5) is 0. The Bertz CT molecular complexity index is 782. The summed E-state index contributed by atoms with van der Waals surface area (Å²) >= 11 is 0. The van der Waals surface area contributed by atoms with Crippen molar-refractivity contribution in [2.45, 2.75) is 76.9 Å². The van der Waals surface area contributed by atoms with Crippen LogP contribution in [0.5, 0.6) is 11.5 Å². The van der Waals surface area contributed by atoms with Gasteiger partial charge in [0, 0.05) is 0 Å². The minimum absolute atomic E-state index is 0.116. The van der Waals surface area contributed by atoms with Crippen molar-refractivity contribution in [3.05, 3.63) is 59.7 Å². The third-order valence-electron chi connectivity index (χ3n) is 6.08. The summed E-state index contributed by atoms with van der Waals surface area (Å²) < 4.78 is 62.5. The topological polar surface area (TPSA) is 18.5 Å². The highest BCUT2D eigenvalue weighted by molar-refractivity contribution is 5.33. The van der Waals surface area contributed by atoms with Crippen LogP contribution in [0, 0.1) is 5.92 Å². The zero-order chi connectivity index (χ0) is 22.3. The maximum absolute atomic E-state index is 14.6. The summed E-state index contributed by atoms with van der Waals surface area (Å²) in [6.45, 7) is -0.751. The fraction of sp³-hybridized carbons (Fsp3) is 0.520. The molecule has 0 spiro atoms. The molecule has 2 nitrogen and oxygen atoms in total. The highest BCUT2D eigenvalue weighted by atomic mass is 19.3. The van der Waals surface area contributed by atoms with E-state index in [2.05, 4.69) is 11.7 Å². The van der Waals surface area contributed by atoms with Gasteiger partial charge in [-0.1, -0.05) is 44.7 Å². The quantitative estimate of drug-likeness (QED) is 0.274. The first-order chi connectivity index (χ1) is 14.9. The van der Waals surface area contributed by atoms with Gasteiger partial charge in [0.2, 0.25) is 0 Å². The van der Waals surface area contributed by atoms with Crippen LogP contribution < -0.4 is 9.47 Å². The highest BCUT2D eigenvalue weighted by Gasteiger charge is 2.35. The summed E-state index contributed by atoms with van der Waals surface area (Å²) in [6.07, 6.45) is 6.25. The van der Waals surface area contributed by atoms with Crippen molar-refractivity contribution in [2.24, 2.45) is 5.92 Å². The largest absolute Gasteiger partial charge is 0.435 e. The second kappa shape index (κ2) is 10.9. The maximum atomic E-state index is 14.6. The van der Waals surface area contributed by atoms with Gasteiger partial charge >= 0.3 is 12.7 Å². The maximum Gasteiger partial charge on any atom is 0.426 e. The summed E-state index contributed by atoms with van der Waals surface area (Å²) in [6, 6.07) is 11.1. The molecule has 1 saturated carbocycles. The molecule has 2 aromatic carbocycles. The van der Waals surface area contributed by atoms with E-state index in [0.29, 0.717) is 5.92 Å². The van der Waals surface area contributed by atoms with E-state index in [9.17, 15) is 17.6 Å². The van der Waals surface area contributed by atoms with Crippen molar-refractivity contribution in [2.75, 3.05) is 0 Å². The van der Waals surface area contributed by atoms with Crippen LogP contribution >= 0.6 is 0 Å². The average Bonchev–Trinajstić information content (AvgIpc) is 2.75. The predicted octanol–water partition coefficient (Wildman–Crippen LogP) is 8.27. The number of unbranched alkanes of at least 4 members (excludes halogenated alkanes) is 2. The van der Waals surface area contributed by atoms with Gasteiger partial charge in [-0.2, -0.15) is 17.6 Å². The molecule has 1 fully saturated rings. The molecule has 0 atom stereocenters. The van der Waals surface area contributed by atoms with Crippen LogP contribution in [0.3, 0.4) is 0 Å². The van der Waals surface area contributed by atoms with Crippen LogP contribution in [0.25, 0.3) is 0 Å². The molecule has 0 saturated heterocycles. The minimum atomic E-state index is -3.53. The zero-order valence-corrected chi connectivity index (χ0v) is 17.8. The lowest BCUT2D eigenvalue weighted by Gasteiger charge is -2.29. The van der Waals surface area contributed by atoms with Crippen LogP contribution in [0.1, 0.15) is 75.3 Å². The molecule has 0 radical (unpaired) electrons. The molecule has 0 unspecified atom stereocenters. The molecule has 1 aliphatic rings. The van der Waals surface area contributed by atoms with Gasteiger partial charge in [0.05, 0.1) is 5.56 Å². The van der Waals surface area contributed by atoms with E-state index in [0.717, 1.165) is 24.3 Å². The fourth-order valence-electron chi connectivity index (χ4n) is 4.31.